The van der Waals surface area contributed by atoms with Crippen molar-refractivity contribution in [1.82, 2.24) is 19.2 Å². The van der Waals surface area contributed by atoms with Gasteiger partial charge in [0.15, 0.2) is 0 Å². The Morgan fingerprint density at radius 2 is 1.61 bits per heavy atom. The molecule has 0 saturated carbocycles. The van der Waals surface area contributed by atoms with Crippen LogP contribution in [0.5, 0.6) is 5.75 Å². The van der Waals surface area contributed by atoms with Crippen LogP contribution in [0.15, 0.2) is 48.5 Å². The van der Waals surface area contributed by atoms with Crippen molar-refractivity contribution in [2.75, 3.05) is 13.2 Å². The molecule has 0 N–H and O–H groups in total. The molecule has 5 aromatic rings. The van der Waals surface area contributed by atoms with E-state index < -0.39 is 0 Å². The second kappa shape index (κ2) is 11.8. The van der Waals surface area contributed by atoms with Crippen molar-refractivity contribution < 1.29 is 9.53 Å². The SMILES string of the molecule is Cc1ccc(CN2CCn3c(c(CCCOc4cc(C)c(C)c(C)c4)c4ccc(Cl)c(-c5c(C)nn(C)c5C)c43)C2=O)cc1. The van der Waals surface area contributed by atoms with Gasteiger partial charge in [-0.25, -0.2) is 0 Å². The molecule has 6 rings (SSSR count). The topological polar surface area (TPSA) is 52.3 Å². The van der Waals surface area contributed by atoms with E-state index in [1.165, 1.54) is 22.3 Å². The van der Waals surface area contributed by atoms with Crippen LogP contribution in [0.2, 0.25) is 5.02 Å². The van der Waals surface area contributed by atoms with E-state index in [0.717, 1.165) is 68.8 Å². The third-order valence-corrected chi connectivity index (χ3v) is 9.67. The maximum Gasteiger partial charge on any atom is 0.271 e. The molecule has 0 atom stereocenters. The van der Waals surface area contributed by atoms with E-state index in [-0.39, 0.29) is 5.91 Å². The highest BCUT2D eigenvalue weighted by Gasteiger charge is 2.33. The third kappa shape index (κ3) is 5.30. The van der Waals surface area contributed by atoms with Gasteiger partial charge in [0.1, 0.15) is 11.4 Å². The summed E-state index contributed by atoms with van der Waals surface area (Å²) in [5, 5.41) is 6.45. The van der Waals surface area contributed by atoms with Crippen molar-refractivity contribution in [3.63, 3.8) is 0 Å². The van der Waals surface area contributed by atoms with Gasteiger partial charge in [-0.1, -0.05) is 47.5 Å². The summed E-state index contributed by atoms with van der Waals surface area (Å²) < 4.78 is 10.4. The zero-order valence-electron chi connectivity index (χ0n) is 26.8. The van der Waals surface area contributed by atoms with E-state index in [1.54, 1.807) is 0 Å². The highest BCUT2D eigenvalue weighted by Crippen LogP contribution is 2.43. The number of benzene rings is 3. The summed E-state index contributed by atoms with van der Waals surface area (Å²) in [6, 6.07) is 16.7. The number of fused-ring (bicyclic) bond motifs is 3. The van der Waals surface area contributed by atoms with E-state index in [1.807, 2.05) is 29.6 Å². The lowest BCUT2D eigenvalue weighted by atomic mass is 9.98. The van der Waals surface area contributed by atoms with Crippen molar-refractivity contribution in [2.45, 2.75) is 67.5 Å². The fourth-order valence-electron chi connectivity index (χ4n) is 6.64. The van der Waals surface area contributed by atoms with Gasteiger partial charge in [0, 0.05) is 48.9 Å². The van der Waals surface area contributed by atoms with Crippen molar-refractivity contribution in [3.8, 4) is 16.9 Å². The molecule has 1 aliphatic heterocycles. The van der Waals surface area contributed by atoms with Gasteiger partial charge in [-0.05, 0) is 100 Å². The van der Waals surface area contributed by atoms with Crippen molar-refractivity contribution in [3.05, 3.63) is 104 Å². The first kappa shape index (κ1) is 30.0. The lowest BCUT2D eigenvalue weighted by Crippen LogP contribution is -2.40. The number of carbonyl (C=O) groups excluding carboxylic acids is 1. The van der Waals surface area contributed by atoms with Crippen LogP contribution in [0.4, 0.5) is 0 Å². The average Bonchev–Trinajstić information content (AvgIpc) is 3.44. The average molecular weight is 609 g/mol. The Balaban J connectivity index is 1.40. The maximum absolute atomic E-state index is 14.3. The van der Waals surface area contributed by atoms with Crippen LogP contribution in [0, 0.1) is 41.5 Å². The van der Waals surface area contributed by atoms with Crippen molar-refractivity contribution in [2.24, 2.45) is 7.05 Å². The summed E-state index contributed by atoms with van der Waals surface area (Å²) >= 11 is 6.99. The van der Waals surface area contributed by atoms with Crippen LogP contribution in [0.3, 0.4) is 0 Å². The lowest BCUT2D eigenvalue weighted by molar-refractivity contribution is 0.0691. The fraction of sp³-hybridized carbons (Fsp3) is 0.351. The van der Waals surface area contributed by atoms with Gasteiger partial charge in [-0.15, -0.1) is 0 Å². The van der Waals surface area contributed by atoms with Gasteiger partial charge in [0.2, 0.25) is 0 Å². The van der Waals surface area contributed by atoms with Crippen LogP contribution in [-0.4, -0.2) is 38.3 Å². The Labute approximate surface area is 265 Å². The second-order valence-electron chi connectivity index (χ2n) is 12.3. The molecule has 7 heteroatoms. The van der Waals surface area contributed by atoms with Crippen LogP contribution in [0.25, 0.3) is 22.0 Å². The number of hydrogen-bond acceptors (Lipinski definition) is 3. The molecule has 0 bridgehead atoms. The normalized spacial score (nSPS) is 13.2. The summed E-state index contributed by atoms with van der Waals surface area (Å²) in [5.41, 5.74) is 12.9. The summed E-state index contributed by atoms with van der Waals surface area (Å²) in [6.45, 7) is 15.1. The number of carbonyl (C=O) groups is 1. The van der Waals surface area contributed by atoms with Gasteiger partial charge in [-0.3, -0.25) is 9.48 Å². The summed E-state index contributed by atoms with van der Waals surface area (Å²) in [5.74, 6) is 0.960. The molecule has 6 nitrogen and oxygen atoms in total. The van der Waals surface area contributed by atoms with Gasteiger partial charge in [0.25, 0.3) is 5.91 Å². The maximum atomic E-state index is 14.3. The molecule has 3 heterocycles. The third-order valence-electron chi connectivity index (χ3n) is 9.35. The molecule has 0 fully saturated rings. The van der Waals surface area contributed by atoms with Gasteiger partial charge in [-0.2, -0.15) is 5.10 Å². The minimum Gasteiger partial charge on any atom is -0.494 e. The van der Waals surface area contributed by atoms with Gasteiger partial charge < -0.3 is 14.2 Å². The van der Waals surface area contributed by atoms with Gasteiger partial charge >= 0.3 is 0 Å². The summed E-state index contributed by atoms with van der Waals surface area (Å²) in [7, 11) is 1.96. The van der Waals surface area contributed by atoms with Crippen LogP contribution in [-0.2, 0) is 26.6 Å². The molecule has 1 amide bonds. The minimum atomic E-state index is 0.0652. The molecule has 0 radical (unpaired) electrons. The Bertz CT molecular complexity index is 1870. The zero-order valence-corrected chi connectivity index (χ0v) is 27.6. The molecule has 44 heavy (non-hydrogen) atoms. The fourth-order valence-corrected chi connectivity index (χ4v) is 6.89. The van der Waals surface area contributed by atoms with Crippen LogP contribution >= 0.6 is 11.6 Å². The molecule has 3 aromatic carbocycles. The molecule has 0 spiro atoms. The molecule has 0 aliphatic carbocycles. The number of rotatable bonds is 8. The Morgan fingerprint density at radius 3 is 2.27 bits per heavy atom. The number of hydrogen-bond donors (Lipinski definition) is 0. The standard InChI is InChI=1S/C37H41ClN4O2/c1-22-10-12-28(13-11-22)21-41-16-17-42-35-31(14-15-32(38)34(35)33-26(5)39-40(7)27(33)6)30(36(42)37(41)43)9-8-18-44-29-19-23(2)25(4)24(3)20-29/h10-15,19-20H,8-9,16-18,21H2,1-7H3. The molecule has 0 saturated heterocycles. The minimum absolute atomic E-state index is 0.0652. The predicted octanol–water partition coefficient (Wildman–Crippen LogP) is 8.21. The molecule has 0 unspecified atom stereocenters. The number of ether oxygens (including phenoxy) is 1. The molecular weight excluding hydrogens is 568 g/mol. The number of nitrogens with zero attached hydrogens (tertiary/aromatic N) is 4. The molecule has 2 aromatic heterocycles. The van der Waals surface area contributed by atoms with Crippen LogP contribution in [0.1, 0.15) is 61.7 Å². The van der Waals surface area contributed by atoms with Gasteiger partial charge in [0.05, 0.1) is 22.8 Å². The number of halogens is 1. The van der Waals surface area contributed by atoms with E-state index >= 15 is 0 Å². The number of amides is 1. The number of aromatic nitrogens is 3. The predicted molar refractivity (Wildman–Crippen MR) is 179 cm³/mol. The Kier molecular flexibility index (Phi) is 8.06. The quantitative estimate of drug-likeness (QED) is 0.167. The molecule has 1 aliphatic rings. The first-order valence-corrected chi connectivity index (χ1v) is 15.8. The first-order valence-electron chi connectivity index (χ1n) is 15.4. The lowest BCUT2D eigenvalue weighted by Gasteiger charge is -2.30. The second-order valence-corrected chi connectivity index (χ2v) is 12.7. The van der Waals surface area contributed by atoms with Crippen LogP contribution < -0.4 is 4.74 Å². The van der Waals surface area contributed by atoms with Crippen molar-refractivity contribution >= 4 is 28.4 Å². The molecular formula is C37H41ClN4O2. The first-order chi connectivity index (χ1) is 21.0. The highest BCUT2D eigenvalue weighted by atomic mass is 35.5. The zero-order chi connectivity index (χ0) is 31.3. The van der Waals surface area contributed by atoms with E-state index in [2.05, 4.69) is 81.7 Å². The monoisotopic (exact) mass is 608 g/mol. The Hall–Kier alpha value is -4.03. The van der Waals surface area contributed by atoms with Crippen molar-refractivity contribution in [1.29, 1.82) is 0 Å². The summed E-state index contributed by atoms with van der Waals surface area (Å²) in [4.78, 5) is 16.3. The smallest absolute Gasteiger partial charge is 0.271 e. The van der Waals surface area contributed by atoms with E-state index in [9.17, 15) is 4.79 Å². The highest BCUT2D eigenvalue weighted by molar-refractivity contribution is 6.35. The summed E-state index contributed by atoms with van der Waals surface area (Å²) in [6.07, 6.45) is 1.51. The number of aryl methyl sites for hydroxylation is 6. The Morgan fingerprint density at radius 1 is 0.909 bits per heavy atom. The van der Waals surface area contributed by atoms with E-state index in [0.29, 0.717) is 31.3 Å². The molecule has 228 valence electrons. The van der Waals surface area contributed by atoms with E-state index in [4.69, 9.17) is 21.4 Å². The largest absolute Gasteiger partial charge is 0.494 e.